The SMILES string of the molecule is CCOC(=O)Cc1c(C)c2c(c(C)c1CC)CN(C1CCC(C)(C)CC1)C(=O)C2. The maximum Gasteiger partial charge on any atom is 0.310 e. The maximum absolute atomic E-state index is 13.1. The van der Waals surface area contributed by atoms with E-state index in [2.05, 4.69) is 39.5 Å². The number of benzene rings is 1. The molecule has 0 N–H and O–H groups in total. The van der Waals surface area contributed by atoms with Crippen molar-refractivity contribution in [2.45, 2.75) is 99.1 Å². The minimum Gasteiger partial charge on any atom is -0.466 e. The number of carbonyl (C=O) groups excluding carboxylic acids is 2. The summed E-state index contributed by atoms with van der Waals surface area (Å²) in [6.45, 7) is 14.0. The van der Waals surface area contributed by atoms with Crippen LogP contribution < -0.4 is 0 Å². The van der Waals surface area contributed by atoms with E-state index in [0.29, 0.717) is 30.9 Å². The van der Waals surface area contributed by atoms with Crippen LogP contribution in [0.5, 0.6) is 0 Å². The van der Waals surface area contributed by atoms with Gasteiger partial charge in [-0.1, -0.05) is 20.8 Å². The van der Waals surface area contributed by atoms with Crippen LogP contribution in [0.1, 0.15) is 86.8 Å². The Kier molecular flexibility index (Phi) is 6.40. The van der Waals surface area contributed by atoms with Crippen LogP contribution in [0.4, 0.5) is 0 Å². The lowest BCUT2D eigenvalue weighted by Crippen LogP contribution is -2.46. The first-order valence-electron chi connectivity index (χ1n) is 11.3. The molecule has 1 aliphatic carbocycles. The van der Waals surface area contributed by atoms with Crippen molar-refractivity contribution in [3.05, 3.63) is 33.4 Å². The van der Waals surface area contributed by atoms with Gasteiger partial charge in [-0.2, -0.15) is 0 Å². The van der Waals surface area contributed by atoms with Crippen molar-refractivity contribution in [1.82, 2.24) is 4.90 Å². The van der Waals surface area contributed by atoms with E-state index in [1.165, 1.54) is 29.5 Å². The van der Waals surface area contributed by atoms with Gasteiger partial charge in [0.1, 0.15) is 0 Å². The van der Waals surface area contributed by atoms with E-state index >= 15 is 0 Å². The molecule has 0 unspecified atom stereocenters. The minimum absolute atomic E-state index is 0.182. The van der Waals surface area contributed by atoms with E-state index in [0.717, 1.165) is 42.5 Å². The van der Waals surface area contributed by atoms with Crippen molar-refractivity contribution in [1.29, 1.82) is 0 Å². The number of ether oxygens (including phenoxy) is 1. The molecule has 4 heteroatoms. The quantitative estimate of drug-likeness (QED) is 0.667. The highest BCUT2D eigenvalue weighted by molar-refractivity contribution is 5.83. The molecule has 0 radical (unpaired) electrons. The lowest BCUT2D eigenvalue weighted by Gasteiger charge is -2.43. The van der Waals surface area contributed by atoms with E-state index in [1.54, 1.807) is 0 Å². The van der Waals surface area contributed by atoms with E-state index in [1.807, 2.05) is 6.92 Å². The first-order valence-corrected chi connectivity index (χ1v) is 11.3. The standard InChI is InChI=1S/C25H37NO3/c1-7-19-16(3)22-15-26(18-9-11-25(5,6)12-10-18)23(27)13-20(22)17(4)21(19)14-24(28)29-8-2/h18H,7-15H2,1-6H3. The largest absolute Gasteiger partial charge is 0.466 e. The van der Waals surface area contributed by atoms with Gasteiger partial charge in [0, 0.05) is 12.6 Å². The number of rotatable bonds is 5. The van der Waals surface area contributed by atoms with Gasteiger partial charge in [0.05, 0.1) is 19.4 Å². The van der Waals surface area contributed by atoms with Crippen molar-refractivity contribution in [3.8, 4) is 0 Å². The van der Waals surface area contributed by atoms with Crippen molar-refractivity contribution in [2.24, 2.45) is 5.41 Å². The zero-order valence-electron chi connectivity index (χ0n) is 19.1. The van der Waals surface area contributed by atoms with Gasteiger partial charge < -0.3 is 9.64 Å². The first-order chi connectivity index (χ1) is 13.7. The van der Waals surface area contributed by atoms with E-state index < -0.39 is 0 Å². The molecular formula is C25H37NO3. The molecule has 1 heterocycles. The molecule has 1 aromatic rings. The molecule has 1 saturated carbocycles. The van der Waals surface area contributed by atoms with Crippen LogP contribution in [0.2, 0.25) is 0 Å². The molecule has 0 saturated heterocycles. The Morgan fingerprint density at radius 2 is 1.69 bits per heavy atom. The molecule has 1 aromatic carbocycles. The van der Waals surface area contributed by atoms with Gasteiger partial charge in [0.25, 0.3) is 0 Å². The van der Waals surface area contributed by atoms with E-state index in [4.69, 9.17) is 4.74 Å². The summed E-state index contributed by atoms with van der Waals surface area (Å²) in [5.74, 6) is 0.0641. The van der Waals surface area contributed by atoms with Crippen LogP contribution in [0.15, 0.2) is 0 Å². The van der Waals surface area contributed by atoms with Crippen LogP contribution in [0.25, 0.3) is 0 Å². The minimum atomic E-state index is -0.182. The van der Waals surface area contributed by atoms with Gasteiger partial charge in [-0.25, -0.2) is 0 Å². The number of nitrogens with zero attached hydrogens (tertiary/aromatic N) is 1. The second-order valence-corrected chi connectivity index (χ2v) is 9.59. The van der Waals surface area contributed by atoms with Crippen molar-refractivity contribution < 1.29 is 14.3 Å². The fourth-order valence-electron chi connectivity index (χ4n) is 5.34. The van der Waals surface area contributed by atoms with Crippen molar-refractivity contribution >= 4 is 11.9 Å². The third-order valence-corrected chi connectivity index (χ3v) is 7.25. The molecule has 0 aromatic heterocycles. The molecule has 160 valence electrons. The highest BCUT2D eigenvalue weighted by atomic mass is 16.5. The van der Waals surface area contributed by atoms with Crippen LogP contribution in [-0.4, -0.2) is 29.4 Å². The van der Waals surface area contributed by atoms with Gasteiger partial charge in [-0.05, 0) is 91.7 Å². The Morgan fingerprint density at radius 1 is 1.07 bits per heavy atom. The molecule has 0 atom stereocenters. The average Bonchev–Trinajstić information content (AvgIpc) is 2.66. The summed E-state index contributed by atoms with van der Waals surface area (Å²) in [5.41, 5.74) is 7.58. The zero-order chi connectivity index (χ0) is 21.3. The predicted octanol–water partition coefficient (Wildman–Crippen LogP) is 4.82. The fraction of sp³-hybridized carbons (Fsp3) is 0.680. The Labute approximate surface area is 176 Å². The molecule has 29 heavy (non-hydrogen) atoms. The van der Waals surface area contributed by atoms with Gasteiger partial charge in [-0.3, -0.25) is 9.59 Å². The molecule has 3 rings (SSSR count). The summed E-state index contributed by atoms with van der Waals surface area (Å²) in [4.78, 5) is 27.4. The van der Waals surface area contributed by atoms with Crippen molar-refractivity contribution in [3.63, 3.8) is 0 Å². The summed E-state index contributed by atoms with van der Waals surface area (Å²) in [6.07, 6.45) is 6.23. The molecule has 1 aliphatic heterocycles. The smallest absolute Gasteiger partial charge is 0.310 e. The molecule has 1 fully saturated rings. The Balaban J connectivity index is 1.93. The van der Waals surface area contributed by atoms with Gasteiger partial charge in [0.15, 0.2) is 0 Å². The summed E-state index contributed by atoms with van der Waals surface area (Å²) < 4.78 is 5.20. The first kappa shape index (κ1) is 21.9. The van der Waals surface area contributed by atoms with Crippen LogP contribution >= 0.6 is 0 Å². The second-order valence-electron chi connectivity index (χ2n) is 9.59. The van der Waals surface area contributed by atoms with Gasteiger partial charge in [-0.15, -0.1) is 0 Å². The van der Waals surface area contributed by atoms with Gasteiger partial charge in [0.2, 0.25) is 5.91 Å². The third-order valence-electron chi connectivity index (χ3n) is 7.25. The summed E-state index contributed by atoms with van der Waals surface area (Å²) >= 11 is 0. The topological polar surface area (TPSA) is 46.6 Å². The van der Waals surface area contributed by atoms with Gasteiger partial charge >= 0.3 is 5.97 Å². The van der Waals surface area contributed by atoms with E-state index in [-0.39, 0.29) is 11.9 Å². The Bertz CT molecular complexity index is 799. The maximum atomic E-state index is 13.1. The molecule has 0 bridgehead atoms. The molecular weight excluding hydrogens is 362 g/mol. The highest BCUT2D eigenvalue weighted by Gasteiger charge is 2.36. The number of fused-ring (bicyclic) bond motifs is 1. The number of hydrogen-bond acceptors (Lipinski definition) is 3. The highest BCUT2D eigenvalue weighted by Crippen LogP contribution is 2.40. The third kappa shape index (κ3) is 4.36. The van der Waals surface area contributed by atoms with Crippen LogP contribution in [0.3, 0.4) is 0 Å². The second kappa shape index (κ2) is 8.49. The fourth-order valence-corrected chi connectivity index (χ4v) is 5.34. The Hall–Kier alpha value is -1.84. The van der Waals surface area contributed by atoms with E-state index in [9.17, 15) is 9.59 Å². The zero-order valence-corrected chi connectivity index (χ0v) is 19.1. The summed E-state index contributed by atoms with van der Waals surface area (Å²) in [7, 11) is 0. The van der Waals surface area contributed by atoms with Crippen LogP contribution in [0, 0.1) is 19.3 Å². The number of carbonyl (C=O) groups is 2. The monoisotopic (exact) mass is 399 g/mol. The molecule has 2 aliphatic rings. The predicted molar refractivity (Wildman–Crippen MR) is 116 cm³/mol. The lowest BCUT2D eigenvalue weighted by atomic mass is 9.74. The normalized spacial score (nSPS) is 19.2. The number of esters is 1. The molecule has 0 spiro atoms. The van der Waals surface area contributed by atoms with Crippen LogP contribution in [-0.2, 0) is 40.1 Å². The summed E-state index contributed by atoms with van der Waals surface area (Å²) in [6, 6.07) is 0.368. The molecule has 1 amide bonds. The Morgan fingerprint density at radius 3 is 2.28 bits per heavy atom. The number of amides is 1. The number of hydrogen-bond donors (Lipinski definition) is 0. The summed E-state index contributed by atoms with van der Waals surface area (Å²) in [5, 5.41) is 0. The molecule has 4 nitrogen and oxygen atoms in total. The van der Waals surface area contributed by atoms with Crippen molar-refractivity contribution in [2.75, 3.05) is 6.61 Å². The lowest BCUT2D eigenvalue weighted by molar-refractivity contribution is -0.142. The average molecular weight is 400 g/mol.